The molecule has 0 spiro atoms. The molecule has 1 nitrogen and oxygen atoms in total. The normalized spacial score (nSPS) is 28.4. The van der Waals surface area contributed by atoms with Gasteiger partial charge in [0.05, 0.1) is 5.56 Å². The molecule has 1 aromatic rings. The number of rotatable bonds is 2. The molecule has 1 aliphatic rings. The van der Waals surface area contributed by atoms with Gasteiger partial charge in [0.2, 0.25) is 0 Å². The van der Waals surface area contributed by atoms with Crippen molar-refractivity contribution in [3.05, 3.63) is 35.4 Å². The lowest BCUT2D eigenvalue weighted by Gasteiger charge is -2.38. The second-order valence-electron chi connectivity index (χ2n) is 5.60. The number of nitrogens with two attached hydrogens (primary N) is 1. The van der Waals surface area contributed by atoms with Crippen molar-refractivity contribution in [2.24, 2.45) is 11.7 Å². The predicted octanol–water partition coefficient (Wildman–Crippen LogP) is 4.46. The molecule has 0 aliphatic heterocycles. The predicted molar refractivity (Wildman–Crippen MR) is 69.6 cm³/mol. The molecule has 0 bridgehead atoms. The van der Waals surface area contributed by atoms with Crippen LogP contribution in [0.2, 0.25) is 0 Å². The lowest BCUT2D eigenvalue weighted by molar-refractivity contribution is -0.137. The molecule has 1 fully saturated rings. The van der Waals surface area contributed by atoms with E-state index in [0.29, 0.717) is 5.92 Å². The van der Waals surface area contributed by atoms with Gasteiger partial charge < -0.3 is 5.73 Å². The SMILES string of the molecule is CCC1CCCC(N)(c2ccc(C(F)(F)F)cc2)C1. The minimum Gasteiger partial charge on any atom is -0.321 e. The summed E-state index contributed by atoms with van der Waals surface area (Å²) in [5, 5.41) is 0. The molecule has 1 aliphatic carbocycles. The second-order valence-corrected chi connectivity index (χ2v) is 5.60. The molecular weight excluding hydrogens is 251 g/mol. The Morgan fingerprint density at radius 3 is 2.42 bits per heavy atom. The van der Waals surface area contributed by atoms with Gasteiger partial charge in [-0.15, -0.1) is 0 Å². The Balaban J connectivity index is 2.21. The van der Waals surface area contributed by atoms with E-state index < -0.39 is 17.3 Å². The van der Waals surface area contributed by atoms with Crippen molar-refractivity contribution in [1.29, 1.82) is 0 Å². The van der Waals surface area contributed by atoms with E-state index in [4.69, 9.17) is 5.73 Å². The Morgan fingerprint density at radius 1 is 1.26 bits per heavy atom. The van der Waals surface area contributed by atoms with Crippen LogP contribution >= 0.6 is 0 Å². The highest BCUT2D eigenvalue weighted by Gasteiger charge is 2.35. The fraction of sp³-hybridized carbons (Fsp3) is 0.600. The minimum atomic E-state index is -4.28. The van der Waals surface area contributed by atoms with Gasteiger partial charge in [-0.05, 0) is 36.5 Å². The molecule has 1 saturated carbocycles. The molecule has 2 unspecified atom stereocenters. The zero-order valence-electron chi connectivity index (χ0n) is 11.1. The summed E-state index contributed by atoms with van der Waals surface area (Å²) in [5.74, 6) is 0.584. The Labute approximate surface area is 112 Å². The molecule has 2 rings (SSSR count). The maximum atomic E-state index is 12.5. The lowest BCUT2D eigenvalue weighted by atomic mass is 9.72. The Bertz CT molecular complexity index is 424. The molecule has 0 aromatic heterocycles. The first-order valence-corrected chi connectivity index (χ1v) is 6.82. The fourth-order valence-corrected chi connectivity index (χ4v) is 3.03. The van der Waals surface area contributed by atoms with Crippen LogP contribution in [0.3, 0.4) is 0 Å². The first-order valence-electron chi connectivity index (χ1n) is 6.82. The third kappa shape index (κ3) is 3.11. The smallest absolute Gasteiger partial charge is 0.321 e. The Kier molecular flexibility index (Phi) is 3.90. The maximum Gasteiger partial charge on any atom is 0.416 e. The van der Waals surface area contributed by atoms with E-state index in [2.05, 4.69) is 6.92 Å². The Hall–Kier alpha value is -1.03. The van der Waals surface area contributed by atoms with Crippen LogP contribution in [0.25, 0.3) is 0 Å². The monoisotopic (exact) mass is 271 g/mol. The van der Waals surface area contributed by atoms with E-state index in [0.717, 1.165) is 43.4 Å². The quantitative estimate of drug-likeness (QED) is 0.844. The summed E-state index contributed by atoms with van der Waals surface area (Å²) in [6, 6.07) is 5.36. The summed E-state index contributed by atoms with van der Waals surface area (Å²) in [4.78, 5) is 0. The molecule has 4 heteroatoms. The van der Waals surface area contributed by atoms with Gasteiger partial charge in [0.1, 0.15) is 0 Å². The van der Waals surface area contributed by atoms with Crippen LogP contribution in [-0.4, -0.2) is 0 Å². The maximum absolute atomic E-state index is 12.5. The Morgan fingerprint density at radius 2 is 1.89 bits per heavy atom. The van der Waals surface area contributed by atoms with Crippen LogP contribution in [-0.2, 0) is 11.7 Å². The van der Waals surface area contributed by atoms with Crippen molar-refractivity contribution in [3.8, 4) is 0 Å². The van der Waals surface area contributed by atoms with Gasteiger partial charge in [-0.25, -0.2) is 0 Å². The van der Waals surface area contributed by atoms with Crippen LogP contribution in [0.1, 0.15) is 50.2 Å². The first kappa shape index (κ1) is 14.4. The molecule has 106 valence electrons. The highest BCUT2D eigenvalue weighted by atomic mass is 19.4. The van der Waals surface area contributed by atoms with Crippen LogP contribution in [0.15, 0.2) is 24.3 Å². The van der Waals surface area contributed by atoms with E-state index in [-0.39, 0.29) is 0 Å². The number of benzene rings is 1. The molecule has 2 atom stereocenters. The third-order valence-corrected chi connectivity index (χ3v) is 4.25. The van der Waals surface area contributed by atoms with Crippen molar-refractivity contribution in [2.75, 3.05) is 0 Å². The van der Waals surface area contributed by atoms with E-state index in [1.165, 1.54) is 6.42 Å². The molecule has 19 heavy (non-hydrogen) atoms. The lowest BCUT2D eigenvalue weighted by Crippen LogP contribution is -2.41. The highest BCUT2D eigenvalue weighted by Crippen LogP contribution is 2.40. The highest BCUT2D eigenvalue weighted by molar-refractivity contribution is 5.30. The van der Waals surface area contributed by atoms with Crippen molar-refractivity contribution >= 4 is 0 Å². The third-order valence-electron chi connectivity index (χ3n) is 4.25. The fourth-order valence-electron chi connectivity index (χ4n) is 3.03. The van der Waals surface area contributed by atoms with Gasteiger partial charge in [-0.1, -0.05) is 38.3 Å². The van der Waals surface area contributed by atoms with Gasteiger partial charge in [0, 0.05) is 5.54 Å². The minimum absolute atomic E-state index is 0.455. The van der Waals surface area contributed by atoms with Gasteiger partial charge in [-0.3, -0.25) is 0 Å². The molecule has 0 saturated heterocycles. The summed E-state index contributed by atoms with van der Waals surface area (Å²) < 4.78 is 37.6. The summed E-state index contributed by atoms with van der Waals surface area (Å²) in [6.45, 7) is 2.14. The van der Waals surface area contributed by atoms with E-state index in [1.807, 2.05) is 0 Å². The molecule has 0 heterocycles. The van der Waals surface area contributed by atoms with E-state index in [1.54, 1.807) is 12.1 Å². The topological polar surface area (TPSA) is 26.0 Å². The zero-order chi connectivity index (χ0) is 14.1. The van der Waals surface area contributed by atoms with Crippen molar-refractivity contribution < 1.29 is 13.2 Å². The molecule has 1 aromatic carbocycles. The van der Waals surface area contributed by atoms with Crippen molar-refractivity contribution in [3.63, 3.8) is 0 Å². The van der Waals surface area contributed by atoms with Crippen LogP contribution in [0, 0.1) is 5.92 Å². The van der Waals surface area contributed by atoms with Gasteiger partial charge in [-0.2, -0.15) is 13.2 Å². The van der Waals surface area contributed by atoms with Crippen LogP contribution < -0.4 is 5.73 Å². The number of hydrogen-bond acceptors (Lipinski definition) is 1. The van der Waals surface area contributed by atoms with E-state index in [9.17, 15) is 13.2 Å². The van der Waals surface area contributed by atoms with Crippen LogP contribution in [0.4, 0.5) is 13.2 Å². The summed E-state index contributed by atoms with van der Waals surface area (Å²) >= 11 is 0. The average Bonchev–Trinajstić information content (AvgIpc) is 2.38. The number of hydrogen-bond donors (Lipinski definition) is 1. The average molecular weight is 271 g/mol. The summed E-state index contributed by atoms with van der Waals surface area (Å²) in [7, 11) is 0. The molecule has 0 amide bonds. The zero-order valence-corrected chi connectivity index (χ0v) is 11.1. The number of halogens is 3. The van der Waals surface area contributed by atoms with Crippen molar-refractivity contribution in [2.45, 2.75) is 50.7 Å². The van der Waals surface area contributed by atoms with E-state index >= 15 is 0 Å². The molecule has 0 radical (unpaired) electrons. The summed E-state index contributed by atoms with van der Waals surface area (Å²) in [5.41, 5.74) is 6.19. The van der Waals surface area contributed by atoms with Gasteiger partial charge in [0.25, 0.3) is 0 Å². The molecule has 2 N–H and O–H groups in total. The number of alkyl halides is 3. The first-order chi connectivity index (χ1) is 8.85. The molecular formula is C15H20F3N. The van der Waals surface area contributed by atoms with Crippen LogP contribution in [0.5, 0.6) is 0 Å². The largest absolute Gasteiger partial charge is 0.416 e. The van der Waals surface area contributed by atoms with Crippen molar-refractivity contribution in [1.82, 2.24) is 0 Å². The van der Waals surface area contributed by atoms with Gasteiger partial charge in [0.15, 0.2) is 0 Å². The second kappa shape index (κ2) is 5.16. The van der Waals surface area contributed by atoms with Gasteiger partial charge >= 0.3 is 6.18 Å². The summed E-state index contributed by atoms with van der Waals surface area (Å²) in [6.07, 6.45) is 0.758. The standard InChI is InChI=1S/C15H20F3N/c1-2-11-4-3-9-14(19,10-11)12-5-7-13(8-6-12)15(16,17)18/h5-8,11H,2-4,9-10,19H2,1H3.